The Morgan fingerprint density at radius 3 is 2.43 bits per heavy atom. The van der Waals surface area contributed by atoms with Gasteiger partial charge in [0, 0.05) is 10.7 Å². The molecule has 0 aliphatic carbocycles. The van der Waals surface area contributed by atoms with Crippen LogP contribution in [-0.4, -0.2) is 36.5 Å². The van der Waals surface area contributed by atoms with Gasteiger partial charge in [0.2, 0.25) is 0 Å². The van der Waals surface area contributed by atoms with E-state index in [9.17, 15) is 14.4 Å². The Kier molecular flexibility index (Phi) is 7.83. The Bertz CT molecular complexity index is 828. The average Bonchev–Trinajstić information content (AvgIpc) is 2.67. The van der Waals surface area contributed by atoms with Crippen molar-refractivity contribution in [3.05, 3.63) is 59.6 Å². The number of para-hydroxylation sites is 1. The second-order valence-electron chi connectivity index (χ2n) is 5.97. The lowest BCUT2D eigenvalue weighted by atomic mass is 10.3. The van der Waals surface area contributed by atoms with Crippen molar-refractivity contribution in [2.45, 2.75) is 26.0 Å². The first-order valence-electron chi connectivity index (χ1n) is 8.59. The normalized spacial score (nSPS) is 12.4. The van der Waals surface area contributed by atoms with Gasteiger partial charge in [0.05, 0.1) is 0 Å². The molecule has 0 aromatic heterocycles. The van der Waals surface area contributed by atoms with Gasteiger partial charge in [-0.2, -0.15) is 0 Å². The Hall–Kier alpha value is -3.06. The van der Waals surface area contributed by atoms with Crippen LogP contribution in [0.4, 0.5) is 5.69 Å². The molecule has 0 unspecified atom stereocenters. The molecule has 0 heterocycles. The number of benzene rings is 2. The summed E-state index contributed by atoms with van der Waals surface area (Å²) in [6.45, 7) is 2.65. The molecule has 2 N–H and O–H groups in total. The molecule has 8 heteroatoms. The number of rotatable bonds is 8. The van der Waals surface area contributed by atoms with Crippen LogP contribution < -0.4 is 15.4 Å². The molecule has 0 saturated heterocycles. The molecule has 2 aromatic carbocycles. The molecule has 0 radical (unpaired) electrons. The highest BCUT2D eigenvalue weighted by Crippen LogP contribution is 2.15. The highest BCUT2D eigenvalue weighted by Gasteiger charge is 2.23. The molecule has 2 aromatic rings. The molecular weight excluding hydrogens is 384 g/mol. The first-order chi connectivity index (χ1) is 13.3. The monoisotopic (exact) mass is 404 g/mol. The van der Waals surface area contributed by atoms with Crippen LogP contribution in [0, 0.1) is 0 Å². The summed E-state index contributed by atoms with van der Waals surface area (Å²) in [7, 11) is 0. The third-order valence-corrected chi connectivity index (χ3v) is 3.83. The average molecular weight is 405 g/mol. The lowest BCUT2D eigenvalue weighted by Gasteiger charge is -2.17. The largest absolute Gasteiger partial charge is 0.484 e. The lowest BCUT2D eigenvalue weighted by Crippen LogP contribution is -2.44. The number of ether oxygens (including phenoxy) is 2. The summed E-state index contributed by atoms with van der Waals surface area (Å²) in [5.74, 6) is -1.19. The van der Waals surface area contributed by atoms with E-state index >= 15 is 0 Å². The molecule has 2 atom stereocenters. The molecule has 0 spiro atoms. The Morgan fingerprint density at radius 1 is 1.04 bits per heavy atom. The number of carbonyl (C=O) groups excluding carboxylic acids is 3. The molecule has 0 saturated carbocycles. The number of anilines is 1. The van der Waals surface area contributed by atoms with Gasteiger partial charge in [-0.05, 0) is 44.2 Å². The molecule has 0 aliphatic heterocycles. The smallest absolute Gasteiger partial charge is 0.329 e. The SMILES string of the molecule is C[C@H](NC(=O)COc1ccccc1)C(=O)O[C@@H](C)C(=O)Nc1cccc(Cl)c1. The van der Waals surface area contributed by atoms with Crippen LogP contribution in [0.1, 0.15) is 13.8 Å². The third kappa shape index (κ3) is 6.92. The number of esters is 1. The van der Waals surface area contributed by atoms with E-state index in [1.54, 1.807) is 48.5 Å². The number of amides is 2. The van der Waals surface area contributed by atoms with E-state index in [1.165, 1.54) is 13.8 Å². The van der Waals surface area contributed by atoms with Crippen LogP contribution in [0.2, 0.25) is 5.02 Å². The fourth-order valence-electron chi connectivity index (χ4n) is 2.15. The maximum absolute atomic E-state index is 12.1. The molecule has 0 aliphatic rings. The number of hydrogen-bond donors (Lipinski definition) is 2. The Labute approximate surface area is 168 Å². The summed E-state index contributed by atoms with van der Waals surface area (Å²) < 4.78 is 10.4. The molecule has 2 rings (SSSR count). The topological polar surface area (TPSA) is 93.7 Å². The van der Waals surface area contributed by atoms with Gasteiger partial charge in [-0.1, -0.05) is 35.9 Å². The zero-order chi connectivity index (χ0) is 20.5. The summed E-state index contributed by atoms with van der Waals surface area (Å²) in [5.41, 5.74) is 0.486. The minimum Gasteiger partial charge on any atom is -0.484 e. The Balaban J connectivity index is 1.77. The van der Waals surface area contributed by atoms with E-state index in [0.717, 1.165) is 0 Å². The van der Waals surface area contributed by atoms with Crippen molar-refractivity contribution in [3.8, 4) is 5.75 Å². The van der Waals surface area contributed by atoms with Crippen LogP contribution >= 0.6 is 11.6 Å². The van der Waals surface area contributed by atoms with Gasteiger partial charge in [0.15, 0.2) is 12.7 Å². The summed E-state index contributed by atoms with van der Waals surface area (Å²) in [6.07, 6.45) is -1.05. The lowest BCUT2D eigenvalue weighted by molar-refractivity contribution is -0.155. The van der Waals surface area contributed by atoms with Gasteiger partial charge in [-0.3, -0.25) is 9.59 Å². The van der Waals surface area contributed by atoms with E-state index in [1.807, 2.05) is 6.07 Å². The van der Waals surface area contributed by atoms with E-state index in [0.29, 0.717) is 16.5 Å². The van der Waals surface area contributed by atoms with Crippen molar-refractivity contribution < 1.29 is 23.9 Å². The van der Waals surface area contributed by atoms with Gasteiger partial charge >= 0.3 is 5.97 Å². The predicted octanol–water partition coefficient (Wildman–Crippen LogP) is 2.79. The van der Waals surface area contributed by atoms with Crippen LogP contribution in [0.5, 0.6) is 5.75 Å². The van der Waals surface area contributed by atoms with Crippen molar-refractivity contribution in [1.29, 1.82) is 0 Å². The Morgan fingerprint density at radius 2 is 1.75 bits per heavy atom. The first-order valence-corrected chi connectivity index (χ1v) is 8.97. The second-order valence-corrected chi connectivity index (χ2v) is 6.41. The number of carbonyl (C=O) groups is 3. The van der Waals surface area contributed by atoms with E-state index < -0.39 is 29.9 Å². The fraction of sp³-hybridized carbons (Fsp3) is 0.250. The van der Waals surface area contributed by atoms with Crippen LogP contribution in [-0.2, 0) is 19.1 Å². The summed E-state index contributed by atoms with van der Waals surface area (Å²) in [5, 5.41) is 5.53. The molecule has 28 heavy (non-hydrogen) atoms. The van der Waals surface area contributed by atoms with Crippen molar-refractivity contribution in [2.24, 2.45) is 0 Å². The first kappa shape index (κ1) is 21.2. The minimum absolute atomic E-state index is 0.244. The molecule has 0 fully saturated rings. The number of hydrogen-bond acceptors (Lipinski definition) is 5. The van der Waals surface area contributed by atoms with Crippen molar-refractivity contribution in [1.82, 2.24) is 5.32 Å². The fourth-order valence-corrected chi connectivity index (χ4v) is 2.34. The molecule has 0 bridgehead atoms. The molecule has 7 nitrogen and oxygen atoms in total. The zero-order valence-corrected chi connectivity index (χ0v) is 16.2. The van der Waals surface area contributed by atoms with Gasteiger partial charge in [-0.25, -0.2) is 4.79 Å². The van der Waals surface area contributed by atoms with Gasteiger partial charge < -0.3 is 20.1 Å². The van der Waals surface area contributed by atoms with E-state index in [4.69, 9.17) is 21.1 Å². The van der Waals surface area contributed by atoms with Gasteiger partial charge in [0.1, 0.15) is 11.8 Å². The maximum Gasteiger partial charge on any atom is 0.329 e. The third-order valence-electron chi connectivity index (χ3n) is 3.60. The maximum atomic E-state index is 12.1. The van der Waals surface area contributed by atoms with Crippen LogP contribution in [0.3, 0.4) is 0 Å². The van der Waals surface area contributed by atoms with Crippen molar-refractivity contribution in [2.75, 3.05) is 11.9 Å². The van der Waals surface area contributed by atoms with E-state index in [2.05, 4.69) is 10.6 Å². The summed E-state index contributed by atoms with van der Waals surface area (Å²) in [6, 6.07) is 14.5. The van der Waals surface area contributed by atoms with Crippen LogP contribution in [0.25, 0.3) is 0 Å². The van der Waals surface area contributed by atoms with Crippen LogP contribution in [0.15, 0.2) is 54.6 Å². The van der Waals surface area contributed by atoms with Crippen molar-refractivity contribution >= 4 is 35.1 Å². The molecule has 2 amide bonds. The standard InChI is InChI=1S/C20H21ClN2O5/c1-13(22-18(24)12-27-17-9-4-3-5-10-17)20(26)28-14(2)19(25)23-16-8-6-7-15(21)11-16/h3-11,13-14H,12H2,1-2H3,(H,22,24)(H,23,25)/t13-,14-/m0/s1. The van der Waals surface area contributed by atoms with Crippen molar-refractivity contribution in [3.63, 3.8) is 0 Å². The van der Waals surface area contributed by atoms with Gasteiger partial charge in [-0.15, -0.1) is 0 Å². The predicted molar refractivity (Wildman–Crippen MR) is 105 cm³/mol. The molecule has 148 valence electrons. The number of halogens is 1. The summed E-state index contributed by atoms with van der Waals surface area (Å²) in [4.78, 5) is 36.1. The highest BCUT2D eigenvalue weighted by atomic mass is 35.5. The van der Waals surface area contributed by atoms with Gasteiger partial charge in [0.25, 0.3) is 11.8 Å². The summed E-state index contributed by atoms with van der Waals surface area (Å²) >= 11 is 5.86. The quantitative estimate of drug-likeness (QED) is 0.660. The zero-order valence-electron chi connectivity index (χ0n) is 15.5. The van der Waals surface area contributed by atoms with E-state index in [-0.39, 0.29) is 6.61 Å². The minimum atomic E-state index is -1.05. The second kappa shape index (κ2) is 10.3. The molecular formula is C20H21ClN2O5. The highest BCUT2D eigenvalue weighted by molar-refractivity contribution is 6.30. The number of nitrogens with one attached hydrogen (secondary N) is 2.